The highest BCUT2D eigenvalue weighted by atomic mass is 32.3. The molecule has 3 saturated carbocycles. The van der Waals surface area contributed by atoms with Gasteiger partial charge in [0.2, 0.25) is 0 Å². The van der Waals surface area contributed by atoms with E-state index in [4.69, 9.17) is 8.74 Å². The zero-order valence-corrected chi connectivity index (χ0v) is 22.7. The van der Waals surface area contributed by atoms with Gasteiger partial charge in [0, 0.05) is 12.8 Å². The predicted molar refractivity (Wildman–Crippen MR) is 133 cm³/mol. The molecule has 8 heteroatoms. The zero-order valence-electron chi connectivity index (χ0n) is 21.9. The lowest BCUT2D eigenvalue weighted by Gasteiger charge is -2.58. The summed E-state index contributed by atoms with van der Waals surface area (Å²) in [6.07, 6.45) is 6.75. The van der Waals surface area contributed by atoms with Gasteiger partial charge in [-0.25, -0.2) is 4.18 Å². The Bertz CT molecular complexity index is 970. The summed E-state index contributed by atoms with van der Waals surface area (Å²) in [6, 6.07) is 0. The SMILES string of the molecule is CC(C)CC(=O)C[C@](C)(O)[C@H]1CCC2[C@@H]3CC(O)C4C[C@@H](OS(=O)(=O)O)CC[C@]4(C)C3=CC[C@@]21C. The van der Waals surface area contributed by atoms with E-state index in [9.17, 15) is 23.4 Å². The molecule has 0 heterocycles. The number of aliphatic hydroxyl groups excluding tert-OH is 1. The summed E-state index contributed by atoms with van der Waals surface area (Å²) in [4.78, 5) is 12.6. The molecule has 0 aliphatic heterocycles. The Hall–Kier alpha value is -0.800. The Morgan fingerprint density at radius 2 is 1.89 bits per heavy atom. The van der Waals surface area contributed by atoms with E-state index in [1.165, 1.54) is 5.57 Å². The van der Waals surface area contributed by atoms with Gasteiger partial charge in [-0.05, 0) is 92.3 Å². The Labute approximate surface area is 210 Å². The Morgan fingerprint density at radius 3 is 2.51 bits per heavy atom. The summed E-state index contributed by atoms with van der Waals surface area (Å²) in [7, 11) is -4.52. The van der Waals surface area contributed by atoms with Crippen molar-refractivity contribution in [1.29, 1.82) is 0 Å². The van der Waals surface area contributed by atoms with Crippen molar-refractivity contribution >= 4 is 16.2 Å². The molecule has 35 heavy (non-hydrogen) atoms. The van der Waals surface area contributed by atoms with Crippen molar-refractivity contribution in [2.75, 3.05) is 0 Å². The van der Waals surface area contributed by atoms with E-state index < -0.39 is 28.2 Å². The summed E-state index contributed by atoms with van der Waals surface area (Å²) < 4.78 is 36.5. The molecule has 0 bridgehead atoms. The molecule has 3 N–H and O–H groups in total. The van der Waals surface area contributed by atoms with Crippen LogP contribution in [0.15, 0.2) is 11.6 Å². The van der Waals surface area contributed by atoms with Crippen molar-refractivity contribution in [2.45, 2.75) is 110 Å². The van der Waals surface area contributed by atoms with Crippen LogP contribution in [-0.2, 0) is 19.4 Å². The molecule has 9 atom stereocenters. The maximum absolute atomic E-state index is 12.6. The van der Waals surface area contributed by atoms with E-state index in [1.54, 1.807) is 0 Å². The zero-order chi connectivity index (χ0) is 26.0. The second-order valence-electron chi connectivity index (χ2n) is 13.1. The number of hydrogen-bond donors (Lipinski definition) is 3. The smallest absolute Gasteiger partial charge is 0.393 e. The van der Waals surface area contributed by atoms with Crippen LogP contribution < -0.4 is 0 Å². The van der Waals surface area contributed by atoms with Gasteiger partial charge >= 0.3 is 10.4 Å². The molecule has 4 aliphatic carbocycles. The van der Waals surface area contributed by atoms with Crippen molar-refractivity contribution < 1.29 is 32.2 Å². The molecule has 4 rings (SSSR count). The van der Waals surface area contributed by atoms with Crippen LogP contribution in [0.2, 0.25) is 0 Å². The van der Waals surface area contributed by atoms with Crippen LogP contribution in [0.3, 0.4) is 0 Å². The first-order valence-corrected chi connectivity index (χ1v) is 14.7. The molecule has 3 unspecified atom stereocenters. The van der Waals surface area contributed by atoms with Crippen LogP contribution >= 0.6 is 0 Å². The molecule has 0 radical (unpaired) electrons. The number of carbonyl (C=O) groups excluding carboxylic acids is 1. The van der Waals surface area contributed by atoms with Gasteiger partial charge in [0.1, 0.15) is 5.78 Å². The van der Waals surface area contributed by atoms with Crippen LogP contribution in [-0.4, -0.2) is 46.8 Å². The minimum Gasteiger partial charge on any atom is -0.393 e. The van der Waals surface area contributed by atoms with Gasteiger partial charge in [0.25, 0.3) is 0 Å². The van der Waals surface area contributed by atoms with Crippen LogP contribution in [0.4, 0.5) is 0 Å². The van der Waals surface area contributed by atoms with Gasteiger partial charge < -0.3 is 10.2 Å². The molecule has 200 valence electrons. The average Bonchev–Trinajstić information content (AvgIpc) is 3.05. The maximum atomic E-state index is 12.6. The standard InChI is InChI=1S/C27H44O7S/c1-16(2)12-17(28)15-27(5,30)24-7-6-20-19-14-23(29)22-13-18(34-35(31,32)33)8-10-25(22,3)21(19)9-11-26(20,24)4/h9,16,18-20,22-24,29-30H,6-8,10-15H2,1-5H3,(H,31,32,33)/t18-,19-,20?,22?,23?,24-,25+,26-,27-/m0/s1. The third-order valence-electron chi connectivity index (χ3n) is 10.2. The fourth-order valence-electron chi connectivity index (χ4n) is 8.87. The molecule has 0 amide bonds. The molecular formula is C27H44O7S. The lowest BCUT2D eigenvalue weighted by molar-refractivity contribution is -0.131. The molecule has 0 aromatic carbocycles. The molecular weight excluding hydrogens is 468 g/mol. The third kappa shape index (κ3) is 5.02. The van der Waals surface area contributed by atoms with Gasteiger partial charge in [-0.2, -0.15) is 8.42 Å². The topological polar surface area (TPSA) is 121 Å². The number of hydrogen-bond acceptors (Lipinski definition) is 6. The van der Waals surface area contributed by atoms with Gasteiger partial charge in [-0.15, -0.1) is 0 Å². The van der Waals surface area contributed by atoms with E-state index in [2.05, 4.69) is 19.9 Å². The minimum atomic E-state index is -4.52. The second-order valence-corrected chi connectivity index (χ2v) is 14.2. The van der Waals surface area contributed by atoms with Gasteiger partial charge in [0.15, 0.2) is 0 Å². The maximum Gasteiger partial charge on any atom is 0.397 e. The van der Waals surface area contributed by atoms with Crippen LogP contribution in [0.5, 0.6) is 0 Å². The summed E-state index contributed by atoms with van der Waals surface area (Å²) >= 11 is 0. The lowest BCUT2D eigenvalue weighted by Crippen LogP contribution is -2.55. The Kier molecular flexibility index (Phi) is 7.15. The molecule has 0 aromatic heterocycles. The van der Waals surface area contributed by atoms with Crippen molar-refractivity contribution in [3.05, 3.63) is 11.6 Å². The number of allylic oxidation sites excluding steroid dienone is 2. The quantitative estimate of drug-likeness (QED) is 0.340. The fourth-order valence-corrected chi connectivity index (χ4v) is 9.39. The van der Waals surface area contributed by atoms with Gasteiger partial charge in [-0.1, -0.05) is 39.3 Å². The first-order chi connectivity index (χ1) is 16.1. The summed E-state index contributed by atoms with van der Waals surface area (Å²) in [5.41, 5.74) is -0.0523. The highest BCUT2D eigenvalue weighted by molar-refractivity contribution is 7.80. The molecule has 4 aliphatic rings. The van der Waals surface area contributed by atoms with Crippen molar-refractivity contribution in [3.63, 3.8) is 0 Å². The summed E-state index contributed by atoms with van der Waals surface area (Å²) in [6.45, 7) is 10.3. The van der Waals surface area contributed by atoms with Crippen molar-refractivity contribution in [3.8, 4) is 0 Å². The van der Waals surface area contributed by atoms with Crippen LogP contribution in [0.1, 0.15) is 92.4 Å². The number of carbonyl (C=O) groups is 1. The lowest BCUT2D eigenvalue weighted by atomic mass is 9.47. The fraction of sp³-hybridized carbons (Fsp3) is 0.889. The second kappa shape index (κ2) is 9.19. The highest BCUT2D eigenvalue weighted by Gasteiger charge is 2.61. The summed E-state index contributed by atoms with van der Waals surface area (Å²) in [5, 5.41) is 22.8. The minimum absolute atomic E-state index is 0.0236. The van der Waals surface area contributed by atoms with E-state index in [1.807, 2.05) is 20.8 Å². The number of Topliss-reactive ketones (excluding diaryl/α,β-unsaturated/α-hetero) is 1. The van der Waals surface area contributed by atoms with E-state index >= 15 is 0 Å². The monoisotopic (exact) mass is 512 g/mol. The highest BCUT2D eigenvalue weighted by Crippen LogP contribution is 2.67. The predicted octanol–water partition coefficient (Wildman–Crippen LogP) is 4.48. The molecule has 0 spiro atoms. The van der Waals surface area contributed by atoms with Crippen LogP contribution in [0.25, 0.3) is 0 Å². The van der Waals surface area contributed by atoms with Crippen molar-refractivity contribution in [1.82, 2.24) is 0 Å². The normalized spacial score (nSPS) is 43.1. The van der Waals surface area contributed by atoms with Gasteiger partial charge in [-0.3, -0.25) is 9.35 Å². The number of aliphatic hydroxyl groups is 2. The average molecular weight is 513 g/mol. The number of ketones is 1. The largest absolute Gasteiger partial charge is 0.397 e. The third-order valence-corrected chi connectivity index (χ3v) is 10.7. The van der Waals surface area contributed by atoms with Crippen LogP contribution in [0, 0.1) is 40.4 Å². The van der Waals surface area contributed by atoms with E-state index in [0.29, 0.717) is 38.0 Å². The van der Waals surface area contributed by atoms with E-state index in [-0.39, 0.29) is 46.7 Å². The first-order valence-electron chi connectivity index (χ1n) is 13.3. The molecule has 3 fully saturated rings. The molecule has 0 saturated heterocycles. The summed E-state index contributed by atoms with van der Waals surface area (Å²) in [5.74, 6) is 0.853. The van der Waals surface area contributed by atoms with Crippen molar-refractivity contribution in [2.24, 2.45) is 40.4 Å². The van der Waals surface area contributed by atoms with E-state index in [0.717, 1.165) is 19.3 Å². The Morgan fingerprint density at radius 1 is 1.20 bits per heavy atom. The number of rotatable bonds is 7. The Balaban J connectivity index is 1.57. The van der Waals surface area contributed by atoms with Gasteiger partial charge in [0.05, 0.1) is 17.8 Å². The number of fused-ring (bicyclic) bond motifs is 5. The molecule has 0 aromatic rings. The first kappa shape index (κ1) is 27.2. The molecule has 7 nitrogen and oxygen atoms in total.